The molecule has 1 aromatic carbocycles. The molecule has 1 aliphatic rings. The lowest BCUT2D eigenvalue weighted by atomic mass is 9.98. The minimum Gasteiger partial charge on any atom is -0.0942 e. The van der Waals surface area contributed by atoms with Crippen LogP contribution in [-0.2, 0) is 0 Å². The summed E-state index contributed by atoms with van der Waals surface area (Å²) in [4.78, 5) is 0. The topological polar surface area (TPSA) is 0 Å². The Balaban J connectivity index is 2.15. The molecule has 1 fully saturated rings. The van der Waals surface area contributed by atoms with Crippen LogP contribution in [0.4, 0.5) is 0 Å². The normalized spacial score (nSPS) is 27.6. The fourth-order valence-electron chi connectivity index (χ4n) is 2.75. The highest BCUT2D eigenvalue weighted by molar-refractivity contribution is 6.30. The predicted octanol–water partition coefficient (Wildman–Crippen LogP) is 4.68. The van der Waals surface area contributed by atoms with Crippen LogP contribution in [0.25, 0.3) is 0 Å². The van der Waals surface area contributed by atoms with Gasteiger partial charge in [-0.1, -0.05) is 37.3 Å². The van der Waals surface area contributed by atoms with Crippen molar-refractivity contribution in [1.82, 2.24) is 0 Å². The molecule has 0 radical (unpaired) electrons. The van der Waals surface area contributed by atoms with Crippen molar-refractivity contribution in [1.29, 1.82) is 0 Å². The molecule has 3 atom stereocenters. The van der Waals surface area contributed by atoms with E-state index in [1.54, 1.807) is 0 Å². The summed E-state index contributed by atoms with van der Waals surface area (Å²) >= 11 is 6.03. The highest BCUT2D eigenvalue weighted by Crippen LogP contribution is 2.35. The summed E-state index contributed by atoms with van der Waals surface area (Å²) in [6.07, 6.45) is 2.56. The number of hydrogen-bond acceptors (Lipinski definition) is 0. The lowest BCUT2D eigenvalue weighted by Gasteiger charge is -2.06. The quantitative estimate of drug-likeness (QED) is 0.583. The molecule has 0 aliphatic heterocycles. The molecule has 0 amide bonds. The largest absolute Gasteiger partial charge is 0.0942 e. The second-order valence-corrected chi connectivity index (χ2v) is 5.88. The minimum atomic E-state index is 0.560. The van der Waals surface area contributed by atoms with Gasteiger partial charge in [0.2, 0.25) is 0 Å². The summed E-state index contributed by atoms with van der Waals surface area (Å²) in [5.41, 5.74) is 2.22. The Morgan fingerprint density at radius 2 is 1.94 bits per heavy atom. The summed E-state index contributed by atoms with van der Waals surface area (Å²) in [5.74, 6) is 8.83. The Bertz CT molecular complexity index is 444. The fourth-order valence-corrected chi connectivity index (χ4v) is 3.04. The van der Waals surface area contributed by atoms with Crippen molar-refractivity contribution >= 4 is 11.6 Å². The molecule has 1 heteroatoms. The Hall–Kier alpha value is -0.930. The molecule has 0 spiro atoms. The number of aryl methyl sites for hydroxylation is 1. The number of benzene rings is 1. The third-order valence-corrected chi connectivity index (χ3v) is 3.78. The van der Waals surface area contributed by atoms with Gasteiger partial charge in [0.25, 0.3) is 0 Å². The zero-order valence-corrected chi connectivity index (χ0v) is 11.5. The summed E-state index contributed by atoms with van der Waals surface area (Å²) in [6, 6.07) is 6.01. The van der Waals surface area contributed by atoms with E-state index in [2.05, 4.69) is 38.7 Å². The molecule has 0 bridgehead atoms. The first-order valence-corrected chi connectivity index (χ1v) is 6.71. The lowest BCUT2D eigenvalue weighted by Crippen LogP contribution is -1.99. The average molecular weight is 247 g/mol. The minimum absolute atomic E-state index is 0.560. The van der Waals surface area contributed by atoms with Crippen molar-refractivity contribution in [2.45, 2.75) is 33.6 Å². The van der Waals surface area contributed by atoms with Gasteiger partial charge in [-0.15, -0.1) is 0 Å². The van der Waals surface area contributed by atoms with Gasteiger partial charge in [0.1, 0.15) is 0 Å². The third-order valence-electron chi connectivity index (χ3n) is 3.56. The van der Waals surface area contributed by atoms with Gasteiger partial charge in [-0.3, -0.25) is 0 Å². The maximum Gasteiger partial charge on any atom is 0.0421 e. The van der Waals surface area contributed by atoms with Crippen LogP contribution in [0.3, 0.4) is 0 Å². The van der Waals surface area contributed by atoms with E-state index in [1.165, 1.54) is 18.4 Å². The fraction of sp³-hybridized carbons (Fsp3) is 0.500. The molecule has 0 N–H and O–H groups in total. The van der Waals surface area contributed by atoms with E-state index in [-0.39, 0.29) is 0 Å². The summed E-state index contributed by atoms with van der Waals surface area (Å²) in [7, 11) is 0. The molecule has 3 unspecified atom stereocenters. The van der Waals surface area contributed by atoms with Crippen molar-refractivity contribution in [3.05, 3.63) is 34.3 Å². The van der Waals surface area contributed by atoms with Crippen molar-refractivity contribution in [2.75, 3.05) is 0 Å². The van der Waals surface area contributed by atoms with E-state index in [0.29, 0.717) is 5.92 Å². The van der Waals surface area contributed by atoms with Crippen LogP contribution in [-0.4, -0.2) is 0 Å². The van der Waals surface area contributed by atoms with Crippen LogP contribution in [0.2, 0.25) is 5.02 Å². The van der Waals surface area contributed by atoms with E-state index in [9.17, 15) is 0 Å². The first-order valence-electron chi connectivity index (χ1n) is 6.33. The van der Waals surface area contributed by atoms with Crippen molar-refractivity contribution < 1.29 is 0 Å². The molecule has 0 saturated heterocycles. The number of hydrogen-bond donors (Lipinski definition) is 0. The van der Waals surface area contributed by atoms with Crippen LogP contribution in [0.15, 0.2) is 18.2 Å². The zero-order valence-electron chi connectivity index (χ0n) is 10.8. The maximum atomic E-state index is 6.03. The summed E-state index contributed by atoms with van der Waals surface area (Å²) in [6.45, 7) is 6.69. The summed E-state index contributed by atoms with van der Waals surface area (Å²) in [5, 5.41) is 0.780. The van der Waals surface area contributed by atoms with Gasteiger partial charge in [-0.2, -0.15) is 0 Å². The van der Waals surface area contributed by atoms with Gasteiger partial charge in [-0.25, -0.2) is 0 Å². The average Bonchev–Trinajstić information content (AvgIpc) is 2.53. The van der Waals surface area contributed by atoms with Gasteiger partial charge >= 0.3 is 0 Å². The van der Waals surface area contributed by atoms with Crippen LogP contribution in [0.5, 0.6) is 0 Å². The van der Waals surface area contributed by atoms with Gasteiger partial charge in [0.15, 0.2) is 0 Å². The second kappa shape index (κ2) is 5.15. The highest BCUT2D eigenvalue weighted by Gasteiger charge is 2.26. The van der Waals surface area contributed by atoms with Crippen molar-refractivity contribution in [2.24, 2.45) is 17.8 Å². The molecule has 90 valence electrons. The zero-order chi connectivity index (χ0) is 12.4. The van der Waals surface area contributed by atoms with Crippen LogP contribution >= 0.6 is 11.6 Å². The summed E-state index contributed by atoms with van der Waals surface area (Å²) < 4.78 is 0. The first kappa shape index (κ1) is 12.5. The molecule has 0 nitrogen and oxygen atoms in total. The Kier molecular flexibility index (Phi) is 3.79. The SMILES string of the molecule is Cc1cc(Cl)cc(C#CC2CC(C)CC2C)c1. The van der Waals surface area contributed by atoms with Gasteiger partial charge in [-0.05, 0) is 55.4 Å². The van der Waals surface area contributed by atoms with E-state index < -0.39 is 0 Å². The van der Waals surface area contributed by atoms with Crippen LogP contribution in [0, 0.1) is 36.5 Å². The highest BCUT2D eigenvalue weighted by atomic mass is 35.5. The second-order valence-electron chi connectivity index (χ2n) is 5.45. The van der Waals surface area contributed by atoms with Gasteiger partial charge in [0.05, 0.1) is 0 Å². The van der Waals surface area contributed by atoms with Crippen LogP contribution < -0.4 is 0 Å². The van der Waals surface area contributed by atoms with Gasteiger partial charge in [0, 0.05) is 16.5 Å². The molecule has 2 rings (SSSR count). The Labute approximate surface area is 109 Å². The van der Waals surface area contributed by atoms with E-state index in [4.69, 9.17) is 11.6 Å². The van der Waals surface area contributed by atoms with E-state index in [0.717, 1.165) is 22.4 Å². The van der Waals surface area contributed by atoms with E-state index >= 15 is 0 Å². The first-order chi connectivity index (χ1) is 8.04. The number of halogens is 1. The smallest absolute Gasteiger partial charge is 0.0421 e. The Morgan fingerprint density at radius 3 is 2.53 bits per heavy atom. The van der Waals surface area contributed by atoms with Crippen LogP contribution in [0.1, 0.15) is 37.8 Å². The molecule has 17 heavy (non-hydrogen) atoms. The maximum absolute atomic E-state index is 6.03. The molecule has 1 saturated carbocycles. The van der Waals surface area contributed by atoms with Gasteiger partial charge < -0.3 is 0 Å². The van der Waals surface area contributed by atoms with Crippen molar-refractivity contribution in [3.63, 3.8) is 0 Å². The molecular weight excluding hydrogens is 228 g/mol. The molecular formula is C16H19Cl. The van der Waals surface area contributed by atoms with Crippen molar-refractivity contribution in [3.8, 4) is 11.8 Å². The molecule has 0 heterocycles. The van der Waals surface area contributed by atoms with E-state index in [1.807, 2.05) is 12.1 Å². The molecule has 1 aromatic rings. The molecule has 1 aliphatic carbocycles. The Morgan fingerprint density at radius 1 is 1.18 bits per heavy atom. The monoisotopic (exact) mass is 246 g/mol. The predicted molar refractivity (Wildman–Crippen MR) is 74.1 cm³/mol. The number of rotatable bonds is 0. The lowest BCUT2D eigenvalue weighted by molar-refractivity contribution is 0.515. The molecule has 0 aromatic heterocycles. The standard InChI is InChI=1S/C16H19Cl/c1-11-6-13(3)15(8-11)5-4-14-7-12(2)9-16(17)10-14/h7,9-11,13,15H,6,8H2,1-3H3. The third kappa shape index (κ3) is 3.27.